The van der Waals surface area contributed by atoms with Crippen LogP contribution in [-0.4, -0.2) is 11.6 Å². The maximum atomic E-state index is 5.78. The van der Waals surface area contributed by atoms with Gasteiger partial charge >= 0.3 is 0 Å². The van der Waals surface area contributed by atoms with Crippen LogP contribution >= 0.6 is 22.9 Å². The van der Waals surface area contributed by atoms with Crippen molar-refractivity contribution in [3.8, 4) is 10.6 Å². The van der Waals surface area contributed by atoms with Gasteiger partial charge in [-0.25, -0.2) is 4.98 Å². The first kappa shape index (κ1) is 16.5. The number of benzene rings is 1. The topological polar surface area (TPSA) is 22.1 Å². The fourth-order valence-electron chi connectivity index (χ4n) is 1.81. The van der Waals surface area contributed by atoms with E-state index in [9.17, 15) is 0 Å². The average Bonchev–Trinajstić information content (AvgIpc) is 2.92. The predicted octanol–water partition coefficient (Wildman–Crippen LogP) is 5.50. The quantitative estimate of drug-likeness (QED) is 0.517. The maximum absolute atomic E-state index is 5.78. The lowest BCUT2D eigenvalue weighted by atomic mass is 9.93. The van der Waals surface area contributed by atoms with Gasteiger partial charge in [-0.1, -0.05) is 45.0 Å². The Morgan fingerprint density at radius 3 is 2.48 bits per heavy atom. The van der Waals surface area contributed by atoms with Crippen molar-refractivity contribution in [3.63, 3.8) is 0 Å². The largest absolute Gasteiger partial charge is 0.377 e. The van der Waals surface area contributed by atoms with Gasteiger partial charge in [0.25, 0.3) is 0 Å². The highest BCUT2D eigenvalue weighted by atomic mass is 35.5. The van der Waals surface area contributed by atoms with Crippen molar-refractivity contribution in [3.05, 3.63) is 40.9 Å². The van der Waals surface area contributed by atoms with Gasteiger partial charge < -0.3 is 4.74 Å². The lowest BCUT2D eigenvalue weighted by Crippen LogP contribution is -2.09. The summed E-state index contributed by atoms with van der Waals surface area (Å²) >= 11 is 7.41. The number of ether oxygens (including phenoxy) is 1. The van der Waals surface area contributed by atoms with Crippen LogP contribution < -0.4 is 0 Å². The Kier molecular flexibility index (Phi) is 5.80. The second-order valence-corrected chi connectivity index (χ2v) is 7.46. The summed E-state index contributed by atoms with van der Waals surface area (Å²) in [5.74, 6) is 0.468. The number of halogens is 1. The van der Waals surface area contributed by atoms with Gasteiger partial charge in [0.1, 0.15) is 5.01 Å². The Morgan fingerprint density at radius 1 is 1.19 bits per heavy atom. The first-order chi connectivity index (χ1) is 9.98. The van der Waals surface area contributed by atoms with Gasteiger partial charge in [-0.05, 0) is 17.4 Å². The lowest BCUT2D eigenvalue weighted by Gasteiger charge is -2.17. The molecule has 114 valence electrons. The smallest absolute Gasteiger partial charge is 0.123 e. The summed E-state index contributed by atoms with van der Waals surface area (Å²) in [6.07, 6.45) is 1.07. The molecular weight excluding hydrogens is 302 g/mol. The summed E-state index contributed by atoms with van der Waals surface area (Å²) in [5, 5.41) is 3.03. The van der Waals surface area contributed by atoms with Crippen molar-refractivity contribution in [2.24, 2.45) is 5.41 Å². The van der Waals surface area contributed by atoms with Crippen LogP contribution in [0.3, 0.4) is 0 Å². The SMILES string of the molecule is CC(C)(C)CCOCc1ccc(-c2nc(CCl)cs2)cc1. The van der Waals surface area contributed by atoms with E-state index in [4.69, 9.17) is 16.3 Å². The standard InChI is InChI=1S/C17H22ClNOS/c1-17(2,3)8-9-20-11-13-4-6-14(7-5-13)16-19-15(10-18)12-21-16/h4-7,12H,8-11H2,1-3H3. The monoisotopic (exact) mass is 323 g/mol. The highest BCUT2D eigenvalue weighted by Gasteiger charge is 2.09. The van der Waals surface area contributed by atoms with E-state index in [1.165, 1.54) is 5.56 Å². The third-order valence-electron chi connectivity index (χ3n) is 3.15. The average molecular weight is 324 g/mol. The summed E-state index contributed by atoms with van der Waals surface area (Å²) in [6, 6.07) is 8.40. The van der Waals surface area contributed by atoms with Crippen LogP contribution in [-0.2, 0) is 17.2 Å². The molecule has 0 aliphatic carbocycles. The molecule has 0 unspecified atom stereocenters. The first-order valence-corrected chi connectivity index (χ1v) is 8.57. The summed E-state index contributed by atoms with van der Waals surface area (Å²) < 4.78 is 5.73. The van der Waals surface area contributed by atoms with E-state index in [2.05, 4.69) is 50.0 Å². The third-order valence-corrected chi connectivity index (χ3v) is 4.37. The zero-order valence-electron chi connectivity index (χ0n) is 12.9. The molecule has 1 heterocycles. The van der Waals surface area contributed by atoms with Gasteiger partial charge in [-0.2, -0.15) is 0 Å². The van der Waals surface area contributed by atoms with Gasteiger partial charge in [-0.3, -0.25) is 0 Å². The minimum atomic E-state index is 0.328. The Balaban J connectivity index is 1.87. The molecule has 2 aromatic rings. The van der Waals surface area contributed by atoms with E-state index in [1.54, 1.807) is 11.3 Å². The van der Waals surface area contributed by atoms with Crippen molar-refractivity contribution >= 4 is 22.9 Å². The number of hydrogen-bond donors (Lipinski definition) is 0. The molecule has 0 bridgehead atoms. The van der Waals surface area contributed by atoms with Crippen LogP contribution in [0, 0.1) is 5.41 Å². The number of alkyl halides is 1. The molecule has 21 heavy (non-hydrogen) atoms. The zero-order valence-corrected chi connectivity index (χ0v) is 14.4. The van der Waals surface area contributed by atoms with Crippen molar-refractivity contribution in [2.75, 3.05) is 6.61 Å². The molecule has 1 aromatic carbocycles. The molecule has 0 spiro atoms. The number of hydrogen-bond acceptors (Lipinski definition) is 3. The summed E-state index contributed by atoms with van der Waals surface area (Å²) in [5.41, 5.74) is 3.59. The Hall–Kier alpha value is -0.900. The molecule has 0 aliphatic heterocycles. The molecule has 0 radical (unpaired) electrons. The van der Waals surface area contributed by atoms with Crippen molar-refractivity contribution in [2.45, 2.75) is 39.7 Å². The van der Waals surface area contributed by atoms with Crippen molar-refractivity contribution in [1.82, 2.24) is 4.98 Å². The molecule has 0 N–H and O–H groups in total. The highest BCUT2D eigenvalue weighted by Crippen LogP contribution is 2.25. The molecule has 0 saturated heterocycles. The molecule has 2 rings (SSSR count). The van der Waals surface area contributed by atoms with Crippen LogP contribution in [0.15, 0.2) is 29.6 Å². The maximum Gasteiger partial charge on any atom is 0.123 e. The third kappa shape index (κ3) is 5.42. The summed E-state index contributed by atoms with van der Waals surface area (Å²) in [6.45, 7) is 8.16. The van der Waals surface area contributed by atoms with E-state index >= 15 is 0 Å². The van der Waals surface area contributed by atoms with Crippen molar-refractivity contribution < 1.29 is 4.74 Å². The minimum absolute atomic E-state index is 0.328. The molecule has 2 nitrogen and oxygen atoms in total. The first-order valence-electron chi connectivity index (χ1n) is 7.15. The van der Waals surface area contributed by atoms with Gasteiger partial charge in [0, 0.05) is 17.6 Å². The fourth-order valence-corrected chi connectivity index (χ4v) is 2.87. The Labute approximate surface area is 136 Å². The van der Waals surface area contributed by atoms with E-state index in [-0.39, 0.29) is 0 Å². The molecule has 0 atom stereocenters. The van der Waals surface area contributed by atoms with Crippen LogP contribution in [0.25, 0.3) is 10.6 Å². The van der Waals surface area contributed by atoms with E-state index in [1.807, 2.05) is 5.38 Å². The highest BCUT2D eigenvalue weighted by molar-refractivity contribution is 7.13. The fraction of sp³-hybridized carbons (Fsp3) is 0.471. The molecule has 0 aliphatic rings. The number of nitrogens with zero attached hydrogens (tertiary/aromatic N) is 1. The van der Waals surface area contributed by atoms with Gasteiger partial charge in [-0.15, -0.1) is 22.9 Å². The lowest BCUT2D eigenvalue weighted by molar-refractivity contribution is 0.0962. The van der Waals surface area contributed by atoms with Gasteiger partial charge in [0.05, 0.1) is 18.2 Å². The zero-order chi connectivity index (χ0) is 15.3. The second kappa shape index (κ2) is 7.39. The molecular formula is C17H22ClNOS. The Morgan fingerprint density at radius 2 is 1.90 bits per heavy atom. The van der Waals surface area contributed by atoms with Crippen molar-refractivity contribution in [1.29, 1.82) is 0 Å². The van der Waals surface area contributed by atoms with E-state index in [0.717, 1.165) is 29.3 Å². The molecule has 4 heteroatoms. The normalized spacial score (nSPS) is 11.8. The summed E-state index contributed by atoms with van der Waals surface area (Å²) in [7, 11) is 0. The van der Waals surface area contributed by atoms with Crippen LogP contribution in [0.1, 0.15) is 38.4 Å². The van der Waals surface area contributed by atoms with Crippen LogP contribution in [0.5, 0.6) is 0 Å². The molecule has 1 aromatic heterocycles. The second-order valence-electron chi connectivity index (χ2n) is 6.34. The van der Waals surface area contributed by atoms with Crippen LogP contribution in [0.4, 0.5) is 0 Å². The number of thiazole rings is 1. The molecule has 0 fully saturated rings. The predicted molar refractivity (Wildman–Crippen MR) is 90.8 cm³/mol. The molecule has 0 amide bonds. The minimum Gasteiger partial charge on any atom is -0.377 e. The van der Waals surface area contributed by atoms with Crippen LogP contribution in [0.2, 0.25) is 0 Å². The van der Waals surface area contributed by atoms with Gasteiger partial charge in [0.2, 0.25) is 0 Å². The Bertz CT molecular complexity index is 557. The van der Waals surface area contributed by atoms with Gasteiger partial charge in [0.15, 0.2) is 0 Å². The summed E-state index contributed by atoms with van der Waals surface area (Å²) in [4.78, 5) is 4.49. The number of rotatable bonds is 6. The molecule has 0 saturated carbocycles. The number of aromatic nitrogens is 1. The van der Waals surface area contributed by atoms with E-state index < -0.39 is 0 Å². The van der Waals surface area contributed by atoms with E-state index in [0.29, 0.717) is 17.9 Å².